The van der Waals surface area contributed by atoms with E-state index in [1.807, 2.05) is 23.7 Å². The molecule has 1 aromatic carbocycles. The summed E-state index contributed by atoms with van der Waals surface area (Å²) in [6, 6.07) is 7.46. The number of halogens is 2. The van der Waals surface area contributed by atoms with E-state index in [-0.39, 0.29) is 0 Å². The number of anilines is 1. The van der Waals surface area contributed by atoms with Gasteiger partial charge in [0.05, 0.1) is 21.4 Å². The summed E-state index contributed by atoms with van der Waals surface area (Å²) in [5.41, 5.74) is 2.91. The topological polar surface area (TPSA) is 41.9 Å². The second kappa shape index (κ2) is 7.81. The third-order valence-corrected chi connectivity index (χ3v) is 4.20. The summed E-state index contributed by atoms with van der Waals surface area (Å²) >= 11 is 17.3. The van der Waals surface area contributed by atoms with Gasteiger partial charge in [-0.3, -0.25) is 4.68 Å². The molecule has 1 heterocycles. The third-order valence-electron chi connectivity index (χ3n) is 3.14. The number of benzene rings is 1. The zero-order valence-electron chi connectivity index (χ0n) is 12.5. The summed E-state index contributed by atoms with van der Waals surface area (Å²) in [5, 5.41) is 12.1. The van der Waals surface area contributed by atoms with Gasteiger partial charge in [-0.2, -0.15) is 5.10 Å². The van der Waals surface area contributed by atoms with Crippen LogP contribution in [-0.2, 0) is 6.54 Å². The van der Waals surface area contributed by atoms with Gasteiger partial charge in [-0.15, -0.1) is 0 Å². The summed E-state index contributed by atoms with van der Waals surface area (Å²) in [4.78, 5) is 0. The maximum atomic E-state index is 6.10. The van der Waals surface area contributed by atoms with Crippen LogP contribution in [0.2, 0.25) is 10.0 Å². The van der Waals surface area contributed by atoms with Crippen LogP contribution in [0.25, 0.3) is 0 Å². The molecule has 0 radical (unpaired) electrons. The van der Waals surface area contributed by atoms with Crippen molar-refractivity contribution in [3.8, 4) is 0 Å². The van der Waals surface area contributed by atoms with Gasteiger partial charge in [0.1, 0.15) is 0 Å². The fraction of sp³-hybridized carbons (Fsp3) is 0.333. The van der Waals surface area contributed by atoms with E-state index in [0.29, 0.717) is 20.8 Å². The van der Waals surface area contributed by atoms with E-state index in [1.165, 1.54) is 5.69 Å². The zero-order chi connectivity index (χ0) is 16.1. The van der Waals surface area contributed by atoms with Crippen LogP contribution in [0.5, 0.6) is 0 Å². The van der Waals surface area contributed by atoms with Crippen molar-refractivity contribution >= 4 is 46.2 Å². The van der Waals surface area contributed by atoms with E-state index in [4.69, 9.17) is 35.4 Å². The minimum atomic E-state index is 0.468. The molecule has 0 atom stereocenters. The molecule has 0 aliphatic heterocycles. The predicted molar refractivity (Wildman–Crippen MR) is 97.0 cm³/mol. The van der Waals surface area contributed by atoms with Gasteiger partial charge in [0.25, 0.3) is 0 Å². The molecule has 2 aromatic rings. The standard InChI is InChI=1S/C15H18Cl2N4S/c1-10-9-11(2)21(20-10)8-4-7-18-15(22)19-13-6-3-5-12(16)14(13)17/h3,5-6,9H,4,7-8H2,1-2H3,(H2,18,19,22). The van der Waals surface area contributed by atoms with Gasteiger partial charge in [0.2, 0.25) is 0 Å². The normalized spacial score (nSPS) is 10.5. The average molecular weight is 357 g/mol. The number of aryl methyl sites for hydroxylation is 3. The zero-order valence-corrected chi connectivity index (χ0v) is 14.8. The highest BCUT2D eigenvalue weighted by molar-refractivity contribution is 7.80. The maximum absolute atomic E-state index is 6.10. The average Bonchev–Trinajstić information content (AvgIpc) is 2.78. The van der Waals surface area contributed by atoms with E-state index >= 15 is 0 Å². The Bertz CT molecular complexity index is 670. The Morgan fingerprint density at radius 1 is 1.32 bits per heavy atom. The molecule has 0 spiro atoms. The minimum Gasteiger partial charge on any atom is -0.362 e. The SMILES string of the molecule is Cc1cc(C)n(CCCNC(=S)Nc2cccc(Cl)c2Cl)n1. The van der Waals surface area contributed by atoms with Crippen molar-refractivity contribution in [2.24, 2.45) is 0 Å². The van der Waals surface area contributed by atoms with E-state index in [2.05, 4.69) is 28.7 Å². The molecular weight excluding hydrogens is 339 g/mol. The Kier molecular flexibility index (Phi) is 6.06. The van der Waals surface area contributed by atoms with Crippen molar-refractivity contribution in [1.29, 1.82) is 0 Å². The van der Waals surface area contributed by atoms with E-state index in [0.717, 1.165) is 25.2 Å². The minimum absolute atomic E-state index is 0.468. The first-order valence-electron chi connectivity index (χ1n) is 6.97. The molecule has 0 saturated carbocycles. The molecule has 2 N–H and O–H groups in total. The van der Waals surface area contributed by atoms with Crippen LogP contribution in [0.4, 0.5) is 5.69 Å². The Morgan fingerprint density at radius 2 is 2.09 bits per heavy atom. The predicted octanol–water partition coefficient (Wildman–Crippen LogP) is 4.18. The lowest BCUT2D eigenvalue weighted by Gasteiger charge is -2.12. The number of rotatable bonds is 5. The lowest BCUT2D eigenvalue weighted by molar-refractivity contribution is 0.558. The first-order valence-corrected chi connectivity index (χ1v) is 8.13. The first-order chi connectivity index (χ1) is 10.5. The van der Waals surface area contributed by atoms with Gasteiger partial charge in [-0.25, -0.2) is 0 Å². The highest BCUT2D eigenvalue weighted by atomic mass is 35.5. The van der Waals surface area contributed by atoms with Crippen molar-refractivity contribution in [3.05, 3.63) is 45.7 Å². The van der Waals surface area contributed by atoms with E-state index < -0.39 is 0 Å². The van der Waals surface area contributed by atoms with Gasteiger partial charge in [0, 0.05) is 18.8 Å². The van der Waals surface area contributed by atoms with Gasteiger partial charge in [0.15, 0.2) is 5.11 Å². The number of aromatic nitrogens is 2. The fourth-order valence-electron chi connectivity index (χ4n) is 2.10. The molecule has 0 bridgehead atoms. The Balaban J connectivity index is 1.76. The van der Waals surface area contributed by atoms with Crippen molar-refractivity contribution in [3.63, 3.8) is 0 Å². The molecule has 0 fully saturated rings. The van der Waals surface area contributed by atoms with Gasteiger partial charge >= 0.3 is 0 Å². The van der Waals surface area contributed by atoms with Crippen LogP contribution in [0.15, 0.2) is 24.3 Å². The molecular formula is C15H18Cl2N4S. The monoisotopic (exact) mass is 356 g/mol. The van der Waals surface area contributed by atoms with Crippen LogP contribution < -0.4 is 10.6 Å². The first kappa shape index (κ1) is 17.1. The number of nitrogens with zero attached hydrogens (tertiary/aromatic N) is 2. The summed E-state index contributed by atoms with van der Waals surface area (Å²) in [5.74, 6) is 0. The lowest BCUT2D eigenvalue weighted by Crippen LogP contribution is -2.30. The second-order valence-electron chi connectivity index (χ2n) is 4.99. The summed E-state index contributed by atoms with van der Waals surface area (Å²) in [7, 11) is 0. The smallest absolute Gasteiger partial charge is 0.170 e. The molecule has 0 aliphatic carbocycles. The van der Waals surface area contributed by atoms with Crippen LogP contribution in [0, 0.1) is 13.8 Å². The van der Waals surface area contributed by atoms with Crippen molar-refractivity contribution in [1.82, 2.24) is 15.1 Å². The Morgan fingerprint density at radius 3 is 2.77 bits per heavy atom. The molecule has 1 aromatic heterocycles. The fourth-order valence-corrected chi connectivity index (χ4v) is 2.66. The lowest BCUT2D eigenvalue weighted by atomic mass is 10.3. The highest BCUT2D eigenvalue weighted by Gasteiger charge is 2.06. The molecule has 4 nitrogen and oxygen atoms in total. The quantitative estimate of drug-likeness (QED) is 0.622. The van der Waals surface area contributed by atoms with Crippen molar-refractivity contribution < 1.29 is 0 Å². The van der Waals surface area contributed by atoms with E-state index in [9.17, 15) is 0 Å². The highest BCUT2D eigenvalue weighted by Crippen LogP contribution is 2.29. The van der Waals surface area contributed by atoms with Crippen molar-refractivity contribution in [2.45, 2.75) is 26.8 Å². The second-order valence-corrected chi connectivity index (χ2v) is 6.18. The molecule has 0 amide bonds. The van der Waals surface area contributed by atoms with E-state index in [1.54, 1.807) is 6.07 Å². The van der Waals surface area contributed by atoms with Crippen LogP contribution in [0.1, 0.15) is 17.8 Å². The number of hydrogen-bond donors (Lipinski definition) is 2. The summed E-state index contributed by atoms with van der Waals surface area (Å²) < 4.78 is 2.00. The molecule has 118 valence electrons. The third kappa shape index (κ3) is 4.60. The Labute approximate surface area is 145 Å². The summed E-state index contributed by atoms with van der Waals surface area (Å²) in [6.45, 7) is 5.66. The van der Waals surface area contributed by atoms with Crippen LogP contribution in [-0.4, -0.2) is 21.4 Å². The molecule has 0 aliphatic rings. The van der Waals surface area contributed by atoms with Gasteiger partial charge in [-0.05, 0) is 50.7 Å². The van der Waals surface area contributed by atoms with Gasteiger partial charge < -0.3 is 10.6 Å². The molecule has 22 heavy (non-hydrogen) atoms. The Hall–Kier alpha value is -1.30. The number of hydrogen-bond acceptors (Lipinski definition) is 2. The molecule has 0 saturated heterocycles. The largest absolute Gasteiger partial charge is 0.362 e. The number of thiocarbonyl (C=S) groups is 1. The molecule has 0 unspecified atom stereocenters. The molecule has 2 rings (SSSR count). The molecule has 7 heteroatoms. The van der Waals surface area contributed by atoms with Crippen LogP contribution >= 0.6 is 35.4 Å². The van der Waals surface area contributed by atoms with Crippen LogP contribution in [0.3, 0.4) is 0 Å². The summed E-state index contributed by atoms with van der Waals surface area (Å²) in [6.07, 6.45) is 0.924. The number of nitrogens with one attached hydrogen (secondary N) is 2. The van der Waals surface area contributed by atoms with Crippen molar-refractivity contribution in [2.75, 3.05) is 11.9 Å². The van der Waals surface area contributed by atoms with Gasteiger partial charge in [-0.1, -0.05) is 29.3 Å². The maximum Gasteiger partial charge on any atom is 0.170 e.